The summed E-state index contributed by atoms with van der Waals surface area (Å²) in [5.41, 5.74) is 0.467. The fraction of sp³-hybridized carbons (Fsp3) is 0.571. The van der Waals surface area contributed by atoms with E-state index in [1.807, 2.05) is 20.8 Å². The molecule has 1 N–H and O–H groups in total. The van der Waals surface area contributed by atoms with E-state index in [1.165, 1.54) is 0 Å². The first-order valence-electron chi connectivity index (χ1n) is 6.39. The molecular weight excluding hydrogens is 239 g/mol. The molecule has 1 rings (SSSR count). The molecule has 0 aliphatic heterocycles. The van der Waals surface area contributed by atoms with Gasteiger partial charge >= 0.3 is 0 Å². The third-order valence-electron chi connectivity index (χ3n) is 3.19. The number of hydrogen-bond donors (Lipinski definition) is 1. The summed E-state index contributed by atoms with van der Waals surface area (Å²) in [4.78, 5) is 0. The van der Waals surface area contributed by atoms with Crippen molar-refractivity contribution in [3.05, 3.63) is 35.1 Å². The van der Waals surface area contributed by atoms with Crippen LogP contribution >= 0.6 is 0 Å². The van der Waals surface area contributed by atoms with Gasteiger partial charge in [-0.05, 0) is 36.6 Å². The molecule has 0 heterocycles. The van der Waals surface area contributed by atoms with Gasteiger partial charge in [0.25, 0.3) is 0 Å². The van der Waals surface area contributed by atoms with Crippen molar-refractivity contribution < 1.29 is 13.2 Å². The summed E-state index contributed by atoms with van der Waals surface area (Å²) in [5.74, 6) is -3.44. The van der Waals surface area contributed by atoms with E-state index in [9.17, 15) is 13.2 Å². The van der Waals surface area contributed by atoms with Crippen molar-refractivity contribution in [2.45, 2.75) is 39.7 Å². The van der Waals surface area contributed by atoms with Gasteiger partial charge in [-0.3, -0.25) is 0 Å². The fourth-order valence-corrected chi connectivity index (χ4v) is 1.94. The van der Waals surface area contributed by atoms with Crippen LogP contribution in [0.5, 0.6) is 0 Å². The lowest BCUT2D eigenvalue weighted by Crippen LogP contribution is -2.27. The van der Waals surface area contributed by atoms with Crippen LogP contribution in [-0.4, -0.2) is 6.54 Å². The Hall–Kier alpha value is -1.03. The minimum Gasteiger partial charge on any atom is -0.310 e. The highest BCUT2D eigenvalue weighted by atomic mass is 19.2. The van der Waals surface area contributed by atoms with Gasteiger partial charge in [0, 0.05) is 6.04 Å². The van der Waals surface area contributed by atoms with Gasteiger partial charge in [0.1, 0.15) is 0 Å². The Kier molecular flexibility index (Phi) is 5.66. The molecule has 4 heteroatoms. The van der Waals surface area contributed by atoms with Crippen molar-refractivity contribution in [2.24, 2.45) is 5.92 Å². The summed E-state index contributed by atoms with van der Waals surface area (Å²) in [7, 11) is 0. The monoisotopic (exact) mass is 259 g/mol. The highest BCUT2D eigenvalue weighted by molar-refractivity contribution is 5.23. The van der Waals surface area contributed by atoms with Crippen LogP contribution in [0, 0.1) is 23.4 Å². The molecule has 0 aliphatic carbocycles. The molecular formula is C14H20F3N. The smallest absolute Gasteiger partial charge is 0.194 e. The molecule has 0 aromatic heterocycles. The molecule has 0 fully saturated rings. The molecule has 102 valence electrons. The van der Waals surface area contributed by atoms with Gasteiger partial charge in [0.15, 0.2) is 17.5 Å². The molecule has 0 saturated carbocycles. The van der Waals surface area contributed by atoms with E-state index in [4.69, 9.17) is 0 Å². The van der Waals surface area contributed by atoms with Gasteiger partial charge in [0.2, 0.25) is 0 Å². The predicted molar refractivity (Wildman–Crippen MR) is 66.8 cm³/mol. The standard InChI is InChI=1S/C14H20F3N/c1-4-6-18-14(9(3)5-2)10-7-11(15)13(17)12(16)8-10/h7-9,14,18H,4-6H2,1-3H3. The predicted octanol–water partition coefficient (Wildman–Crippen LogP) is 4.19. The Labute approximate surface area is 106 Å². The van der Waals surface area contributed by atoms with E-state index >= 15 is 0 Å². The lowest BCUT2D eigenvalue weighted by atomic mass is 9.92. The molecule has 0 radical (unpaired) electrons. The first-order valence-corrected chi connectivity index (χ1v) is 6.39. The van der Waals surface area contributed by atoms with Crippen LogP contribution in [0.25, 0.3) is 0 Å². The lowest BCUT2D eigenvalue weighted by Gasteiger charge is -2.25. The quantitative estimate of drug-likeness (QED) is 0.755. The Bertz CT molecular complexity index is 370. The van der Waals surface area contributed by atoms with Crippen molar-refractivity contribution in [1.82, 2.24) is 5.32 Å². The number of halogens is 3. The normalized spacial score (nSPS) is 14.6. The van der Waals surface area contributed by atoms with Gasteiger partial charge < -0.3 is 5.32 Å². The van der Waals surface area contributed by atoms with Gasteiger partial charge in [-0.1, -0.05) is 27.2 Å². The van der Waals surface area contributed by atoms with Crippen LogP contribution in [0.15, 0.2) is 12.1 Å². The second kappa shape index (κ2) is 6.78. The van der Waals surface area contributed by atoms with Crippen LogP contribution in [0.4, 0.5) is 13.2 Å². The first-order chi connectivity index (χ1) is 8.51. The summed E-state index contributed by atoms with van der Waals surface area (Å²) in [6, 6.07) is 2.01. The summed E-state index contributed by atoms with van der Waals surface area (Å²) in [6.45, 7) is 6.80. The Morgan fingerprint density at radius 3 is 2.11 bits per heavy atom. The van der Waals surface area contributed by atoms with Crippen LogP contribution < -0.4 is 5.32 Å². The average Bonchev–Trinajstić information content (AvgIpc) is 2.35. The molecule has 2 atom stereocenters. The zero-order chi connectivity index (χ0) is 13.7. The fourth-order valence-electron chi connectivity index (χ4n) is 1.94. The molecule has 18 heavy (non-hydrogen) atoms. The van der Waals surface area contributed by atoms with Gasteiger partial charge in [-0.15, -0.1) is 0 Å². The van der Waals surface area contributed by atoms with E-state index in [0.29, 0.717) is 5.56 Å². The Balaban J connectivity index is 3.04. The molecule has 0 amide bonds. The summed E-state index contributed by atoms with van der Waals surface area (Å²) in [5, 5.41) is 3.25. The van der Waals surface area contributed by atoms with E-state index in [2.05, 4.69) is 5.32 Å². The highest BCUT2D eigenvalue weighted by Gasteiger charge is 2.20. The van der Waals surface area contributed by atoms with Crippen LogP contribution in [-0.2, 0) is 0 Å². The third-order valence-corrected chi connectivity index (χ3v) is 3.19. The van der Waals surface area contributed by atoms with Crippen LogP contribution in [0.3, 0.4) is 0 Å². The Morgan fingerprint density at radius 2 is 1.67 bits per heavy atom. The highest BCUT2D eigenvalue weighted by Crippen LogP contribution is 2.26. The third kappa shape index (κ3) is 3.48. The van der Waals surface area contributed by atoms with E-state index in [-0.39, 0.29) is 12.0 Å². The largest absolute Gasteiger partial charge is 0.310 e. The number of hydrogen-bond acceptors (Lipinski definition) is 1. The molecule has 0 spiro atoms. The van der Waals surface area contributed by atoms with Crippen molar-refractivity contribution in [3.8, 4) is 0 Å². The van der Waals surface area contributed by atoms with E-state index in [0.717, 1.165) is 31.5 Å². The summed E-state index contributed by atoms with van der Waals surface area (Å²) >= 11 is 0. The van der Waals surface area contributed by atoms with E-state index in [1.54, 1.807) is 0 Å². The molecule has 2 unspecified atom stereocenters. The molecule has 0 saturated heterocycles. The summed E-state index contributed by atoms with van der Waals surface area (Å²) < 4.78 is 39.4. The molecule has 1 aromatic carbocycles. The van der Waals surface area contributed by atoms with Crippen LogP contribution in [0.2, 0.25) is 0 Å². The second-order valence-electron chi connectivity index (χ2n) is 4.62. The second-order valence-corrected chi connectivity index (χ2v) is 4.62. The van der Waals surface area contributed by atoms with Crippen molar-refractivity contribution in [1.29, 1.82) is 0 Å². The lowest BCUT2D eigenvalue weighted by molar-refractivity contribution is 0.370. The van der Waals surface area contributed by atoms with Crippen molar-refractivity contribution in [2.75, 3.05) is 6.54 Å². The zero-order valence-corrected chi connectivity index (χ0v) is 11.1. The van der Waals surface area contributed by atoms with Crippen molar-refractivity contribution in [3.63, 3.8) is 0 Å². The molecule has 0 bridgehead atoms. The molecule has 0 aliphatic rings. The SMILES string of the molecule is CCCNC(c1cc(F)c(F)c(F)c1)C(C)CC. The number of rotatable bonds is 6. The number of nitrogens with one attached hydrogen (secondary N) is 1. The van der Waals surface area contributed by atoms with Gasteiger partial charge in [-0.2, -0.15) is 0 Å². The topological polar surface area (TPSA) is 12.0 Å². The van der Waals surface area contributed by atoms with Crippen LogP contribution in [0.1, 0.15) is 45.2 Å². The maximum atomic E-state index is 13.2. The minimum atomic E-state index is -1.41. The summed E-state index contributed by atoms with van der Waals surface area (Å²) in [6.07, 6.45) is 1.81. The Morgan fingerprint density at radius 1 is 1.11 bits per heavy atom. The van der Waals surface area contributed by atoms with Gasteiger partial charge in [0.05, 0.1) is 0 Å². The maximum absolute atomic E-state index is 13.2. The maximum Gasteiger partial charge on any atom is 0.194 e. The first kappa shape index (κ1) is 15.0. The molecule has 1 nitrogen and oxygen atoms in total. The minimum absolute atomic E-state index is 0.153. The molecule has 1 aromatic rings. The van der Waals surface area contributed by atoms with Crippen molar-refractivity contribution >= 4 is 0 Å². The zero-order valence-electron chi connectivity index (χ0n) is 11.1. The van der Waals surface area contributed by atoms with E-state index < -0.39 is 17.5 Å². The number of benzene rings is 1. The average molecular weight is 259 g/mol. The van der Waals surface area contributed by atoms with Gasteiger partial charge in [-0.25, -0.2) is 13.2 Å².